The highest BCUT2D eigenvalue weighted by atomic mass is 127. The van der Waals surface area contributed by atoms with Crippen molar-refractivity contribution in [3.63, 3.8) is 0 Å². The second kappa shape index (κ2) is 6.00. The molecule has 0 saturated carbocycles. The first-order valence-corrected chi connectivity index (χ1v) is 5.04. The summed E-state index contributed by atoms with van der Waals surface area (Å²) < 4.78 is 3.81. The van der Waals surface area contributed by atoms with Gasteiger partial charge in [0, 0.05) is 6.92 Å². The molecule has 3 nitrogen and oxygen atoms in total. The van der Waals surface area contributed by atoms with E-state index in [1.54, 1.807) is 11.5 Å². The van der Waals surface area contributed by atoms with Crippen LogP contribution in [0.4, 0.5) is 0 Å². The Kier molecular flexibility index (Phi) is 4.95. The summed E-state index contributed by atoms with van der Waals surface area (Å²) >= 11 is 0. The second-order valence-corrected chi connectivity index (χ2v) is 3.65. The van der Waals surface area contributed by atoms with Crippen LogP contribution >= 0.6 is 0 Å². The highest BCUT2D eigenvalue weighted by Gasteiger charge is 2.07. The first kappa shape index (κ1) is 13.2. The van der Waals surface area contributed by atoms with E-state index < -0.39 is 6.23 Å². The molecule has 1 aromatic carbocycles. The lowest BCUT2D eigenvalue weighted by Crippen LogP contribution is -3.00. The van der Waals surface area contributed by atoms with Crippen LogP contribution < -0.4 is 28.5 Å². The van der Waals surface area contributed by atoms with E-state index in [0.29, 0.717) is 0 Å². The van der Waals surface area contributed by atoms with E-state index in [1.165, 1.54) is 5.56 Å². The van der Waals surface area contributed by atoms with Gasteiger partial charge in [0.05, 0.1) is 0 Å². The lowest BCUT2D eigenvalue weighted by molar-refractivity contribution is -0.688. The summed E-state index contributed by atoms with van der Waals surface area (Å²) in [6.45, 7) is 2.58. The molecule has 0 fully saturated rings. The fourth-order valence-corrected chi connectivity index (χ4v) is 1.52. The minimum Gasteiger partial charge on any atom is -1.00 e. The van der Waals surface area contributed by atoms with Gasteiger partial charge in [-0.2, -0.15) is 0 Å². The third kappa shape index (κ3) is 3.31. The Morgan fingerprint density at radius 3 is 2.56 bits per heavy atom. The minimum atomic E-state index is -0.470. The predicted octanol–water partition coefficient (Wildman–Crippen LogP) is -1.66. The van der Waals surface area contributed by atoms with Crippen LogP contribution in [0.15, 0.2) is 49.1 Å². The number of rotatable bonds is 3. The summed E-state index contributed by atoms with van der Waals surface area (Å²) in [6.07, 6.45) is 5.26. The maximum atomic E-state index is 9.35. The summed E-state index contributed by atoms with van der Waals surface area (Å²) in [5.74, 6) is 0. The molecule has 86 valence electrons. The van der Waals surface area contributed by atoms with Gasteiger partial charge in [0.2, 0.25) is 6.33 Å². The average Bonchev–Trinajstić information content (AvgIpc) is 2.68. The van der Waals surface area contributed by atoms with Crippen LogP contribution in [0.5, 0.6) is 0 Å². The Bertz CT molecular complexity index is 426. The summed E-state index contributed by atoms with van der Waals surface area (Å²) in [5.41, 5.74) is 1.26. The Labute approximate surface area is 112 Å². The lowest BCUT2D eigenvalue weighted by Gasteiger charge is -1.98. The smallest absolute Gasteiger partial charge is 0.246 e. The van der Waals surface area contributed by atoms with Crippen LogP contribution in [-0.4, -0.2) is 9.67 Å². The Balaban J connectivity index is 0.00000128. The van der Waals surface area contributed by atoms with Gasteiger partial charge in [-0.1, -0.05) is 30.3 Å². The molecule has 0 radical (unpaired) electrons. The topological polar surface area (TPSA) is 29.0 Å². The van der Waals surface area contributed by atoms with Crippen molar-refractivity contribution < 1.29 is 33.7 Å². The van der Waals surface area contributed by atoms with E-state index in [4.69, 9.17) is 0 Å². The molecule has 4 heteroatoms. The van der Waals surface area contributed by atoms with Gasteiger partial charge >= 0.3 is 0 Å². The average molecular weight is 330 g/mol. The van der Waals surface area contributed by atoms with Crippen molar-refractivity contribution in [3.05, 3.63) is 54.6 Å². The molecule has 16 heavy (non-hydrogen) atoms. The van der Waals surface area contributed by atoms with E-state index in [2.05, 4.69) is 12.1 Å². The molecule has 1 N–H and O–H groups in total. The molecule has 1 unspecified atom stereocenters. The minimum absolute atomic E-state index is 0. The predicted molar refractivity (Wildman–Crippen MR) is 57.1 cm³/mol. The molecule has 0 amide bonds. The van der Waals surface area contributed by atoms with Crippen molar-refractivity contribution in [3.8, 4) is 0 Å². The largest absolute Gasteiger partial charge is 1.00 e. The number of imidazole rings is 1. The number of halogens is 1. The molecule has 0 aliphatic heterocycles. The van der Waals surface area contributed by atoms with Crippen LogP contribution in [0.3, 0.4) is 0 Å². The molecule has 2 aromatic rings. The third-order valence-electron chi connectivity index (χ3n) is 2.35. The number of aromatic nitrogens is 2. The monoisotopic (exact) mass is 330 g/mol. The van der Waals surface area contributed by atoms with Gasteiger partial charge in [-0.3, -0.25) is 0 Å². The van der Waals surface area contributed by atoms with Crippen molar-refractivity contribution in [2.45, 2.75) is 19.7 Å². The molecule has 0 bridgehead atoms. The molecule has 0 saturated heterocycles. The lowest BCUT2D eigenvalue weighted by atomic mass is 10.2. The Morgan fingerprint density at radius 1 is 1.31 bits per heavy atom. The zero-order valence-corrected chi connectivity index (χ0v) is 11.3. The van der Waals surface area contributed by atoms with E-state index in [1.807, 2.05) is 41.5 Å². The summed E-state index contributed by atoms with van der Waals surface area (Å²) in [5, 5.41) is 9.35. The van der Waals surface area contributed by atoms with Gasteiger partial charge in [0.25, 0.3) is 0 Å². The molecular weight excluding hydrogens is 315 g/mol. The van der Waals surface area contributed by atoms with Crippen LogP contribution in [0, 0.1) is 0 Å². The van der Waals surface area contributed by atoms with Crippen LogP contribution in [0.1, 0.15) is 18.7 Å². The van der Waals surface area contributed by atoms with E-state index >= 15 is 0 Å². The van der Waals surface area contributed by atoms with Gasteiger partial charge in [-0.15, -0.1) is 0 Å². The Morgan fingerprint density at radius 2 is 2.00 bits per heavy atom. The first-order chi connectivity index (χ1) is 7.25. The van der Waals surface area contributed by atoms with Gasteiger partial charge in [-0.25, -0.2) is 9.13 Å². The van der Waals surface area contributed by atoms with E-state index in [-0.39, 0.29) is 24.0 Å². The van der Waals surface area contributed by atoms with Gasteiger partial charge in [0.1, 0.15) is 18.9 Å². The van der Waals surface area contributed by atoms with Crippen molar-refractivity contribution in [2.24, 2.45) is 0 Å². The molecule has 1 atom stereocenters. The fraction of sp³-hybridized carbons (Fsp3) is 0.250. The fourth-order valence-electron chi connectivity index (χ4n) is 1.52. The van der Waals surface area contributed by atoms with Crippen LogP contribution in [0.25, 0.3) is 0 Å². The number of benzene rings is 1. The second-order valence-electron chi connectivity index (χ2n) is 3.65. The van der Waals surface area contributed by atoms with E-state index in [0.717, 1.165) is 6.54 Å². The quantitative estimate of drug-likeness (QED) is 0.530. The van der Waals surface area contributed by atoms with Gasteiger partial charge in [-0.05, 0) is 5.56 Å². The summed E-state index contributed by atoms with van der Waals surface area (Å²) in [6, 6.07) is 10.2. The SMILES string of the molecule is CC(O)n1cc[n+](Cc2ccccc2)c1.[I-]. The van der Waals surface area contributed by atoms with E-state index in [9.17, 15) is 5.11 Å². The number of nitrogens with zero attached hydrogens (tertiary/aromatic N) is 2. The Hall–Kier alpha value is -0.880. The molecule has 0 aliphatic rings. The van der Waals surface area contributed by atoms with Gasteiger partial charge in [0.15, 0.2) is 6.23 Å². The summed E-state index contributed by atoms with van der Waals surface area (Å²) in [4.78, 5) is 0. The zero-order valence-electron chi connectivity index (χ0n) is 9.12. The maximum absolute atomic E-state index is 9.35. The highest BCUT2D eigenvalue weighted by molar-refractivity contribution is 5.13. The van der Waals surface area contributed by atoms with Crippen LogP contribution in [0.2, 0.25) is 0 Å². The zero-order chi connectivity index (χ0) is 10.7. The molecule has 2 rings (SSSR count). The van der Waals surface area contributed by atoms with Crippen molar-refractivity contribution >= 4 is 0 Å². The van der Waals surface area contributed by atoms with Crippen molar-refractivity contribution in [2.75, 3.05) is 0 Å². The number of hydrogen-bond donors (Lipinski definition) is 1. The van der Waals surface area contributed by atoms with Crippen LogP contribution in [-0.2, 0) is 6.54 Å². The summed E-state index contributed by atoms with van der Waals surface area (Å²) in [7, 11) is 0. The molecule has 1 aromatic heterocycles. The molecule has 0 spiro atoms. The number of aliphatic hydroxyl groups excluding tert-OH is 1. The maximum Gasteiger partial charge on any atom is 0.246 e. The standard InChI is InChI=1S/C12H15N2O.HI/c1-11(15)14-8-7-13(10-14)9-12-5-3-2-4-6-12;/h2-8,10-11,15H,9H2,1H3;1H/q+1;/p-1. The third-order valence-corrected chi connectivity index (χ3v) is 2.35. The number of hydrogen-bond acceptors (Lipinski definition) is 1. The molecular formula is C12H15IN2O. The molecule has 1 heterocycles. The van der Waals surface area contributed by atoms with Crippen molar-refractivity contribution in [1.29, 1.82) is 0 Å². The van der Waals surface area contributed by atoms with Gasteiger partial charge < -0.3 is 29.1 Å². The molecule has 0 aliphatic carbocycles. The number of aliphatic hydroxyl groups is 1. The first-order valence-electron chi connectivity index (χ1n) is 5.04. The highest BCUT2D eigenvalue weighted by Crippen LogP contribution is 2.00. The normalized spacial score (nSPS) is 11.9. The van der Waals surface area contributed by atoms with Crippen molar-refractivity contribution in [1.82, 2.24) is 4.57 Å².